The van der Waals surface area contributed by atoms with Gasteiger partial charge in [0.2, 0.25) is 0 Å². The van der Waals surface area contributed by atoms with Crippen molar-refractivity contribution in [2.75, 3.05) is 44.2 Å². The first-order valence-electron chi connectivity index (χ1n) is 10.8. The smallest absolute Gasteiger partial charge is 0.251 e. The monoisotopic (exact) mass is 419 g/mol. The van der Waals surface area contributed by atoms with Gasteiger partial charge in [0, 0.05) is 44.0 Å². The lowest BCUT2D eigenvalue weighted by molar-refractivity contribution is 0.0951. The molecule has 0 unspecified atom stereocenters. The van der Waals surface area contributed by atoms with Crippen LogP contribution in [0, 0.1) is 13.8 Å². The zero-order valence-electron chi connectivity index (χ0n) is 18.2. The van der Waals surface area contributed by atoms with Crippen LogP contribution in [0.5, 0.6) is 0 Å². The Labute approximate surface area is 182 Å². The standard InChI is InChI=1S/C23H29N7O/c1-18-5-3-6-21(15-18)29-13-11-28(12-14-29)10-4-9-24-23(31)20-7-8-22(19(2)16-20)30-17-25-26-27-30/h3,5-8,15-17H,4,9-14H2,1-2H3,(H,24,31). The lowest BCUT2D eigenvalue weighted by Crippen LogP contribution is -2.47. The molecule has 0 atom stereocenters. The van der Waals surface area contributed by atoms with E-state index >= 15 is 0 Å². The first-order chi connectivity index (χ1) is 15.1. The summed E-state index contributed by atoms with van der Waals surface area (Å²) in [6, 6.07) is 14.3. The van der Waals surface area contributed by atoms with Gasteiger partial charge in [-0.1, -0.05) is 12.1 Å². The molecule has 4 rings (SSSR count). The SMILES string of the molecule is Cc1cccc(N2CCN(CCCNC(=O)c3ccc(-n4cnnn4)c(C)c3)CC2)c1. The molecule has 1 N–H and O–H groups in total. The molecule has 1 aliphatic heterocycles. The molecule has 31 heavy (non-hydrogen) atoms. The van der Waals surface area contributed by atoms with Gasteiger partial charge in [-0.05, 0) is 78.7 Å². The lowest BCUT2D eigenvalue weighted by Gasteiger charge is -2.36. The van der Waals surface area contributed by atoms with Crippen LogP contribution in [-0.4, -0.2) is 70.3 Å². The topological polar surface area (TPSA) is 79.2 Å². The summed E-state index contributed by atoms with van der Waals surface area (Å²) in [4.78, 5) is 17.4. The number of piperazine rings is 1. The maximum absolute atomic E-state index is 12.5. The summed E-state index contributed by atoms with van der Waals surface area (Å²) in [5, 5.41) is 14.2. The fourth-order valence-corrected chi connectivity index (χ4v) is 3.99. The molecule has 1 aromatic heterocycles. The minimum absolute atomic E-state index is 0.0457. The molecular formula is C23H29N7O. The summed E-state index contributed by atoms with van der Waals surface area (Å²) in [5.74, 6) is -0.0457. The Morgan fingerprint density at radius 1 is 1.06 bits per heavy atom. The number of carbonyl (C=O) groups excluding carboxylic acids is 1. The van der Waals surface area contributed by atoms with Crippen molar-refractivity contribution in [1.82, 2.24) is 30.4 Å². The van der Waals surface area contributed by atoms with E-state index in [0.29, 0.717) is 12.1 Å². The number of hydrogen-bond donors (Lipinski definition) is 1. The lowest BCUT2D eigenvalue weighted by atomic mass is 10.1. The molecule has 3 aromatic rings. The van der Waals surface area contributed by atoms with Crippen molar-refractivity contribution < 1.29 is 4.79 Å². The van der Waals surface area contributed by atoms with E-state index in [-0.39, 0.29) is 5.91 Å². The summed E-state index contributed by atoms with van der Waals surface area (Å²) >= 11 is 0. The molecule has 1 aliphatic rings. The van der Waals surface area contributed by atoms with E-state index in [1.807, 2.05) is 25.1 Å². The van der Waals surface area contributed by atoms with Gasteiger partial charge in [0.25, 0.3) is 5.91 Å². The van der Waals surface area contributed by atoms with Gasteiger partial charge in [-0.25, -0.2) is 4.68 Å². The highest BCUT2D eigenvalue weighted by atomic mass is 16.1. The molecule has 2 heterocycles. The number of anilines is 1. The Hall–Kier alpha value is -3.26. The van der Waals surface area contributed by atoms with E-state index in [4.69, 9.17) is 0 Å². The van der Waals surface area contributed by atoms with Crippen LogP contribution in [0.15, 0.2) is 48.8 Å². The number of aromatic nitrogens is 4. The maximum atomic E-state index is 12.5. The van der Waals surface area contributed by atoms with Crippen LogP contribution < -0.4 is 10.2 Å². The molecule has 8 heteroatoms. The predicted molar refractivity (Wildman–Crippen MR) is 121 cm³/mol. The fraction of sp³-hybridized carbons (Fsp3) is 0.391. The molecule has 1 fully saturated rings. The molecule has 0 bridgehead atoms. The number of nitrogens with one attached hydrogen (secondary N) is 1. The number of benzene rings is 2. The first-order valence-corrected chi connectivity index (χ1v) is 10.8. The van der Waals surface area contributed by atoms with Gasteiger partial charge in [-0.15, -0.1) is 5.10 Å². The summed E-state index contributed by atoms with van der Waals surface area (Å²) in [6.07, 6.45) is 2.49. The average Bonchev–Trinajstić information content (AvgIpc) is 3.31. The minimum atomic E-state index is -0.0457. The van der Waals surface area contributed by atoms with Gasteiger partial charge >= 0.3 is 0 Å². The molecule has 1 amide bonds. The predicted octanol–water partition coefficient (Wildman–Crippen LogP) is 2.22. The van der Waals surface area contributed by atoms with Crippen LogP contribution in [0.2, 0.25) is 0 Å². The van der Waals surface area contributed by atoms with Gasteiger partial charge in [0.15, 0.2) is 0 Å². The average molecular weight is 420 g/mol. The number of nitrogens with zero attached hydrogens (tertiary/aromatic N) is 6. The van der Waals surface area contributed by atoms with Crippen LogP contribution in [0.3, 0.4) is 0 Å². The third kappa shape index (κ3) is 5.27. The van der Waals surface area contributed by atoms with E-state index < -0.39 is 0 Å². The van der Waals surface area contributed by atoms with Crippen molar-refractivity contribution in [2.45, 2.75) is 20.3 Å². The van der Waals surface area contributed by atoms with Crippen molar-refractivity contribution in [1.29, 1.82) is 0 Å². The molecule has 0 saturated carbocycles. The van der Waals surface area contributed by atoms with Crippen molar-refractivity contribution in [3.05, 3.63) is 65.5 Å². The second-order valence-electron chi connectivity index (χ2n) is 8.03. The highest BCUT2D eigenvalue weighted by Gasteiger charge is 2.17. The Bertz CT molecular complexity index is 1010. The van der Waals surface area contributed by atoms with Gasteiger partial charge in [0.1, 0.15) is 6.33 Å². The van der Waals surface area contributed by atoms with E-state index in [2.05, 4.69) is 61.8 Å². The molecule has 8 nitrogen and oxygen atoms in total. The van der Waals surface area contributed by atoms with Crippen LogP contribution in [-0.2, 0) is 0 Å². The maximum Gasteiger partial charge on any atom is 0.251 e. The van der Waals surface area contributed by atoms with Gasteiger partial charge in [-0.2, -0.15) is 0 Å². The van der Waals surface area contributed by atoms with Crippen LogP contribution >= 0.6 is 0 Å². The van der Waals surface area contributed by atoms with Gasteiger partial charge < -0.3 is 10.2 Å². The van der Waals surface area contributed by atoms with E-state index in [1.165, 1.54) is 11.3 Å². The number of carbonyl (C=O) groups is 1. The van der Waals surface area contributed by atoms with Gasteiger partial charge in [-0.3, -0.25) is 9.69 Å². The highest BCUT2D eigenvalue weighted by Crippen LogP contribution is 2.18. The number of tetrazole rings is 1. The van der Waals surface area contributed by atoms with E-state index in [9.17, 15) is 4.79 Å². The first kappa shape index (κ1) is 21.0. The summed E-state index contributed by atoms with van der Waals surface area (Å²) in [5.41, 5.74) is 5.09. The molecule has 1 saturated heterocycles. The molecule has 162 valence electrons. The van der Waals surface area contributed by atoms with E-state index in [0.717, 1.165) is 50.4 Å². The van der Waals surface area contributed by atoms with Crippen LogP contribution in [0.25, 0.3) is 5.69 Å². The molecule has 0 spiro atoms. The molecular weight excluding hydrogens is 390 g/mol. The Morgan fingerprint density at radius 2 is 1.90 bits per heavy atom. The second kappa shape index (κ2) is 9.70. The van der Waals surface area contributed by atoms with Crippen molar-refractivity contribution in [3.8, 4) is 5.69 Å². The number of amides is 1. The zero-order chi connectivity index (χ0) is 21.6. The molecule has 0 radical (unpaired) electrons. The Kier molecular flexibility index (Phi) is 6.57. The third-order valence-electron chi connectivity index (χ3n) is 5.73. The van der Waals surface area contributed by atoms with Crippen molar-refractivity contribution in [2.24, 2.45) is 0 Å². The van der Waals surface area contributed by atoms with Gasteiger partial charge in [0.05, 0.1) is 5.69 Å². The number of rotatable bonds is 7. The largest absolute Gasteiger partial charge is 0.369 e. The Morgan fingerprint density at radius 3 is 2.61 bits per heavy atom. The van der Waals surface area contributed by atoms with Crippen LogP contribution in [0.4, 0.5) is 5.69 Å². The third-order valence-corrected chi connectivity index (χ3v) is 5.73. The summed E-state index contributed by atoms with van der Waals surface area (Å²) in [7, 11) is 0. The fourth-order valence-electron chi connectivity index (χ4n) is 3.99. The Balaban J connectivity index is 1.19. The quantitative estimate of drug-likeness (QED) is 0.592. The van der Waals surface area contributed by atoms with Crippen molar-refractivity contribution in [3.63, 3.8) is 0 Å². The zero-order valence-corrected chi connectivity index (χ0v) is 18.2. The summed E-state index contributed by atoms with van der Waals surface area (Å²) in [6.45, 7) is 9.96. The number of hydrogen-bond acceptors (Lipinski definition) is 6. The molecule has 2 aromatic carbocycles. The normalized spacial score (nSPS) is 14.6. The number of aryl methyl sites for hydroxylation is 2. The van der Waals surface area contributed by atoms with Crippen LogP contribution in [0.1, 0.15) is 27.9 Å². The van der Waals surface area contributed by atoms with E-state index in [1.54, 1.807) is 11.0 Å². The highest BCUT2D eigenvalue weighted by molar-refractivity contribution is 5.94. The summed E-state index contributed by atoms with van der Waals surface area (Å²) < 4.78 is 1.59. The molecule has 0 aliphatic carbocycles. The van der Waals surface area contributed by atoms with Crippen molar-refractivity contribution >= 4 is 11.6 Å². The minimum Gasteiger partial charge on any atom is -0.369 e. The second-order valence-corrected chi connectivity index (χ2v) is 8.03.